The Morgan fingerprint density at radius 1 is 0.935 bits per heavy atom. The number of benzene rings is 2. The van der Waals surface area contributed by atoms with Gasteiger partial charge in [-0.1, -0.05) is 24.3 Å². The van der Waals surface area contributed by atoms with Gasteiger partial charge >= 0.3 is 5.97 Å². The smallest absolute Gasteiger partial charge is 0.339 e. The van der Waals surface area contributed by atoms with E-state index >= 15 is 0 Å². The Bertz CT molecular complexity index is 1260. The molecule has 0 fully saturated rings. The van der Waals surface area contributed by atoms with Crippen molar-refractivity contribution in [2.24, 2.45) is 0 Å². The maximum absolute atomic E-state index is 13.7. The maximum Gasteiger partial charge on any atom is 0.339 e. The van der Waals surface area contributed by atoms with Gasteiger partial charge in [0.05, 0.1) is 16.8 Å². The number of carbonyl (C=O) groups excluding carboxylic acids is 2. The van der Waals surface area contributed by atoms with E-state index in [-0.39, 0.29) is 5.56 Å². The summed E-state index contributed by atoms with van der Waals surface area (Å²) in [6.07, 6.45) is 3.22. The summed E-state index contributed by atoms with van der Waals surface area (Å²) in [6.45, 7) is -0.714. The molecule has 2 aromatic carbocycles. The van der Waals surface area contributed by atoms with Gasteiger partial charge in [-0.25, -0.2) is 18.6 Å². The predicted octanol–water partition coefficient (Wildman–Crippen LogP) is 4.37. The van der Waals surface area contributed by atoms with Crippen molar-refractivity contribution in [2.75, 3.05) is 11.9 Å². The molecular weight excluding hydrogens is 404 g/mol. The number of anilines is 1. The van der Waals surface area contributed by atoms with E-state index < -0.39 is 35.8 Å². The Morgan fingerprint density at radius 3 is 2.39 bits per heavy atom. The molecule has 2 heterocycles. The molecular formula is C23H15F2N3O3. The standard InChI is InChI=1S/C23H15F2N3O3/c24-17-5-3-6-18(25)22(17)28-21(29)13-31-23(30)16-12-20(14-8-10-26-11-9-14)27-19-7-2-1-4-15(16)19/h1-12H,13H2,(H,28,29). The molecule has 0 saturated heterocycles. The van der Waals surface area contributed by atoms with Gasteiger partial charge in [0.2, 0.25) is 0 Å². The molecule has 0 aliphatic carbocycles. The second kappa shape index (κ2) is 8.66. The van der Waals surface area contributed by atoms with Crippen LogP contribution in [0.3, 0.4) is 0 Å². The fourth-order valence-corrected chi connectivity index (χ4v) is 3.02. The fourth-order valence-electron chi connectivity index (χ4n) is 3.02. The van der Waals surface area contributed by atoms with Crippen molar-refractivity contribution in [1.82, 2.24) is 9.97 Å². The van der Waals surface area contributed by atoms with Gasteiger partial charge in [-0.05, 0) is 36.4 Å². The number of pyridine rings is 2. The van der Waals surface area contributed by atoms with Crippen LogP contribution in [0.1, 0.15) is 10.4 Å². The quantitative estimate of drug-likeness (QED) is 0.486. The minimum absolute atomic E-state index is 0.210. The molecule has 8 heteroatoms. The SMILES string of the molecule is O=C(COC(=O)c1cc(-c2ccncc2)nc2ccccc12)Nc1c(F)cccc1F. The van der Waals surface area contributed by atoms with Crippen LogP contribution in [0, 0.1) is 11.6 Å². The second-order valence-electron chi connectivity index (χ2n) is 6.53. The molecule has 0 saturated carbocycles. The Balaban J connectivity index is 1.57. The molecule has 154 valence electrons. The van der Waals surface area contributed by atoms with Crippen molar-refractivity contribution in [3.05, 3.63) is 90.3 Å². The van der Waals surface area contributed by atoms with Crippen LogP contribution >= 0.6 is 0 Å². The summed E-state index contributed by atoms with van der Waals surface area (Å²) >= 11 is 0. The predicted molar refractivity (Wildman–Crippen MR) is 110 cm³/mol. The topological polar surface area (TPSA) is 81.2 Å². The molecule has 31 heavy (non-hydrogen) atoms. The van der Waals surface area contributed by atoms with Crippen molar-refractivity contribution < 1.29 is 23.1 Å². The lowest BCUT2D eigenvalue weighted by Gasteiger charge is -2.11. The number of hydrogen-bond acceptors (Lipinski definition) is 5. The van der Waals surface area contributed by atoms with E-state index in [9.17, 15) is 18.4 Å². The van der Waals surface area contributed by atoms with Crippen LogP contribution in [0.2, 0.25) is 0 Å². The third kappa shape index (κ3) is 4.37. The van der Waals surface area contributed by atoms with E-state index in [0.29, 0.717) is 16.6 Å². The average molecular weight is 419 g/mol. The van der Waals surface area contributed by atoms with Crippen molar-refractivity contribution in [3.63, 3.8) is 0 Å². The molecule has 0 aliphatic rings. The van der Waals surface area contributed by atoms with Crippen LogP contribution in [-0.4, -0.2) is 28.5 Å². The summed E-state index contributed by atoms with van der Waals surface area (Å²) in [4.78, 5) is 33.3. The molecule has 0 spiro atoms. The van der Waals surface area contributed by atoms with E-state index in [0.717, 1.165) is 17.7 Å². The molecule has 4 aromatic rings. The molecule has 0 unspecified atom stereocenters. The Hall–Kier alpha value is -4.20. The number of ether oxygens (including phenoxy) is 1. The Labute approximate surface area is 175 Å². The zero-order valence-corrected chi connectivity index (χ0v) is 16.0. The highest BCUT2D eigenvalue weighted by Gasteiger charge is 2.18. The van der Waals surface area contributed by atoms with Gasteiger partial charge < -0.3 is 10.1 Å². The Morgan fingerprint density at radius 2 is 1.65 bits per heavy atom. The normalized spacial score (nSPS) is 10.6. The van der Waals surface area contributed by atoms with Crippen LogP contribution in [-0.2, 0) is 9.53 Å². The van der Waals surface area contributed by atoms with Crippen molar-refractivity contribution >= 4 is 28.5 Å². The fraction of sp³-hybridized carbons (Fsp3) is 0.0435. The largest absolute Gasteiger partial charge is 0.452 e. The van der Waals surface area contributed by atoms with Gasteiger partial charge in [0.25, 0.3) is 5.91 Å². The van der Waals surface area contributed by atoms with E-state index in [4.69, 9.17) is 4.74 Å². The lowest BCUT2D eigenvalue weighted by atomic mass is 10.0. The first-order chi connectivity index (χ1) is 15.0. The Kier molecular flexibility index (Phi) is 5.61. The molecule has 1 N–H and O–H groups in total. The lowest BCUT2D eigenvalue weighted by Crippen LogP contribution is -2.22. The van der Waals surface area contributed by atoms with Gasteiger partial charge in [-0.2, -0.15) is 0 Å². The third-order valence-corrected chi connectivity index (χ3v) is 4.47. The van der Waals surface area contributed by atoms with E-state index in [1.807, 2.05) is 0 Å². The summed E-state index contributed by atoms with van der Waals surface area (Å²) < 4.78 is 32.5. The van der Waals surface area contributed by atoms with Crippen LogP contribution in [0.15, 0.2) is 73.1 Å². The highest BCUT2D eigenvalue weighted by molar-refractivity contribution is 6.05. The third-order valence-electron chi connectivity index (χ3n) is 4.47. The van der Waals surface area contributed by atoms with Gasteiger partial charge in [0.1, 0.15) is 17.3 Å². The number of esters is 1. The second-order valence-corrected chi connectivity index (χ2v) is 6.53. The molecule has 0 radical (unpaired) electrons. The first kappa shape index (κ1) is 20.1. The lowest BCUT2D eigenvalue weighted by molar-refractivity contribution is -0.119. The number of nitrogens with zero attached hydrogens (tertiary/aromatic N) is 2. The van der Waals surface area contributed by atoms with Crippen molar-refractivity contribution in [2.45, 2.75) is 0 Å². The molecule has 2 aromatic heterocycles. The summed E-state index contributed by atoms with van der Waals surface area (Å²) in [5, 5.41) is 2.62. The van der Waals surface area contributed by atoms with Gasteiger partial charge in [-0.15, -0.1) is 0 Å². The number of hydrogen-bond donors (Lipinski definition) is 1. The number of aromatic nitrogens is 2. The van der Waals surface area contributed by atoms with Crippen LogP contribution < -0.4 is 5.32 Å². The van der Waals surface area contributed by atoms with E-state index in [2.05, 4.69) is 15.3 Å². The summed E-state index contributed by atoms with van der Waals surface area (Å²) in [5.41, 5.74) is 1.47. The summed E-state index contributed by atoms with van der Waals surface area (Å²) in [6, 6.07) is 15.3. The average Bonchev–Trinajstić information content (AvgIpc) is 2.80. The molecule has 6 nitrogen and oxygen atoms in total. The summed E-state index contributed by atoms with van der Waals surface area (Å²) in [7, 11) is 0. The number of amides is 1. The van der Waals surface area contributed by atoms with Gasteiger partial charge in [-0.3, -0.25) is 9.78 Å². The number of rotatable bonds is 5. The highest BCUT2D eigenvalue weighted by atomic mass is 19.1. The number of carbonyl (C=O) groups is 2. The minimum Gasteiger partial charge on any atom is -0.452 e. The van der Waals surface area contributed by atoms with Crippen LogP contribution in [0.5, 0.6) is 0 Å². The van der Waals surface area contributed by atoms with Crippen molar-refractivity contribution in [3.8, 4) is 11.3 Å². The van der Waals surface area contributed by atoms with E-state index in [1.54, 1.807) is 54.9 Å². The van der Waals surface area contributed by atoms with Gasteiger partial charge in [0.15, 0.2) is 6.61 Å². The van der Waals surface area contributed by atoms with Crippen molar-refractivity contribution in [1.29, 1.82) is 0 Å². The maximum atomic E-state index is 13.7. The number of nitrogens with one attached hydrogen (secondary N) is 1. The number of para-hydroxylation sites is 2. The molecule has 0 bridgehead atoms. The molecule has 4 rings (SSSR count). The number of halogens is 2. The number of fused-ring (bicyclic) bond motifs is 1. The first-order valence-corrected chi connectivity index (χ1v) is 9.24. The van der Waals surface area contributed by atoms with E-state index in [1.165, 1.54) is 6.07 Å². The monoisotopic (exact) mass is 419 g/mol. The summed E-state index contributed by atoms with van der Waals surface area (Å²) in [5.74, 6) is -3.49. The van der Waals surface area contributed by atoms with Gasteiger partial charge in [0, 0.05) is 23.3 Å². The van der Waals surface area contributed by atoms with Crippen LogP contribution in [0.4, 0.5) is 14.5 Å². The molecule has 1 amide bonds. The zero-order chi connectivity index (χ0) is 21.8. The van der Waals surface area contributed by atoms with Crippen LogP contribution in [0.25, 0.3) is 22.2 Å². The zero-order valence-electron chi connectivity index (χ0n) is 16.0. The first-order valence-electron chi connectivity index (χ1n) is 9.24. The minimum atomic E-state index is -0.929. The molecule has 0 aliphatic heterocycles. The highest BCUT2D eigenvalue weighted by Crippen LogP contribution is 2.25. The molecule has 0 atom stereocenters.